The molecule has 1 heterocycles. The fraction of sp³-hybridized carbons (Fsp3) is 0.316. The van der Waals surface area contributed by atoms with Crippen molar-refractivity contribution in [1.29, 1.82) is 0 Å². The molecule has 126 valence electrons. The monoisotopic (exact) mass is 328 g/mol. The number of hydrogen-bond donors (Lipinski definition) is 1. The number of amides is 1. The molecule has 1 unspecified atom stereocenters. The van der Waals surface area contributed by atoms with Crippen molar-refractivity contribution in [2.24, 2.45) is 0 Å². The van der Waals surface area contributed by atoms with Gasteiger partial charge in [0.1, 0.15) is 0 Å². The second kappa shape index (κ2) is 7.45. The highest BCUT2D eigenvalue weighted by Gasteiger charge is 2.24. The minimum Gasteiger partial charge on any atom is -0.494 e. The van der Waals surface area contributed by atoms with Crippen LogP contribution >= 0.6 is 0 Å². The van der Waals surface area contributed by atoms with E-state index in [0.29, 0.717) is 5.56 Å². The fourth-order valence-electron chi connectivity index (χ4n) is 3.01. The van der Waals surface area contributed by atoms with Crippen LogP contribution in [-0.2, 0) is 6.54 Å². The summed E-state index contributed by atoms with van der Waals surface area (Å²) in [6.07, 6.45) is 0.900. The average Bonchev–Trinajstić information content (AvgIpc) is 3.02. The number of likely N-dealkylation sites (tertiary alicyclic amines) is 1. The molecule has 0 saturated carbocycles. The number of nitrogens with zero attached hydrogens (tertiary/aromatic N) is 1. The van der Waals surface area contributed by atoms with Gasteiger partial charge in [0, 0.05) is 31.2 Å². The van der Waals surface area contributed by atoms with Crippen LogP contribution in [0, 0.1) is 5.82 Å². The van der Waals surface area contributed by atoms with Gasteiger partial charge < -0.3 is 10.1 Å². The normalized spacial score (nSPS) is 17.7. The molecule has 1 aliphatic heterocycles. The summed E-state index contributed by atoms with van der Waals surface area (Å²) < 4.78 is 18.6. The first-order valence-corrected chi connectivity index (χ1v) is 8.06. The number of carbonyl (C=O) groups excluding carboxylic acids is 1. The van der Waals surface area contributed by atoms with Gasteiger partial charge in [-0.25, -0.2) is 4.39 Å². The molecule has 1 atom stereocenters. The average molecular weight is 328 g/mol. The van der Waals surface area contributed by atoms with Crippen molar-refractivity contribution < 1.29 is 13.9 Å². The predicted octanol–water partition coefficient (Wildman–Crippen LogP) is 2.84. The summed E-state index contributed by atoms with van der Waals surface area (Å²) in [6.45, 7) is 2.63. The van der Waals surface area contributed by atoms with Gasteiger partial charge in [-0.1, -0.05) is 30.3 Å². The molecule has 1 saturated heterocycles. The molecule has 1 aliphatic rings. The molecule has 1 N–H and O–H groups in total. The van der Waals surface area contributed by atoms with Gasteiger partial charge in [-0.2, -0.15) is 0 Å². The Morgan fingerprint density at radius 1 is 1.29 bits per heavy atom. The number of ether oxygens (including phenoxy) is 1. The lowest BCUT2D eigenvalue weighted by Crippen LogP contribution is -2.37. The number of rotatable bonds is 5. The van der Waals surface area contributed by atoms with Crippen LogP contribution in [0.4, 0.5) is 4.39 Å². The third kappa shape index (κ3) is 3.92. The van der Waals surface area contributed by atoms with E-state index in [1.807, 2.05) is 18.2 Å². The van der Waals surface area contributed by atoms with Gasteiger partial charge in [-0.3, -0.25) is 9.69 Å². The Hall–Kier alpha value is -2.40. The number of halogens is 1. The van der Waals surface area contributed by atoms with Gasteiger partial charge in [-0.05, 0) is 30.2 Å². The van der Waals surface area contributed by atoms with Crippen molar-refractivity contribution >= 4 is 5.91 Å². The van der Waals surface area contributed by atoms with Crippen LogP contribution in [0.3, 0.4) is 0 Å². The summed E-state index contributed by atoms with van der Waals surface area (Å²) in [7, 11) is 1.40. The van der Waals surface area contributed by atoms with E-state index in [4.69, 9.17) is 4.74 Å². The van der Waals surface area contributed by atoms with Crippen molar-refractivity contribution in [3.8, 4) is 5.75 Å². The number of hydrogen-bond acceptors (Lipinski definition) is 3. The summed E-state index contributed by atoms with van der Waals surface area (Å²) in [4.78, 5) is 14.6. The Kier molecular flexibility index (Phi) is 5.11. The van der Waals surface area contributed by atoms with Crippen LogP contribution in [-0.4, -0.2) is 37.0 Å². The summed E-state index contributed by atoms with van der Waals surface area (Å²) in [5.74, 6) is -0.633. The Morgan fingerprint density at radius 3 is 2.79 bits per heavy atom. The van der Waals surface area contributed by atoms with Crippen molar-refractivity contribution in [1.82, 2.24) is 10.2 Å². The Labute approximate surface area is 141 Å². The topological polar surface area (TPSA) is 41.6 Å². The van der Waals surface area contributed by atoms with Crippen LogP contribution in [0.1, 0.15) is 22.3 Å². The van der Waals surface area contributed by atoms with Crippen LogP contribution in [0.2, 0.25) is 0 Å². The molecule has 0 aliphatic carbocycles. The van der Waals surface area contributed by atoms with Gasteiger partial charge in [0.05, 0.1) is 7.11 Å². The molecule has 5 heteroatoms. The number of nitrogens with one attached hydrogen (secondary N) is 1. The molecule has 3 rings (SSSR count). The van der Waals surface area contributed by atoms with Crippen molar-refractivity contribution in [2.45, 2.75) is 19.0 Å². The van der Waals surface area contributed by atoms with E-state index in [0.717, 1.165) is 26.1 Å². The molecule has 0 bridgehead atoms. The van der Waals surface area contributed by atoms with Gasteiger partial charge in [0.2, 0.25) is 0 Å². The third-order valence-electron chi connectivity index (χ3n) is 4.27. The number of carbonyl (C=O) groups is 1. The van der Waals surface area contributed by atoms with Crippen molar-refractivity contribution in [3.05, 3.63) is 65.5 Å². The van der Waals surface area contributed by atoms with Crippen LogP contribution in [0.25, 0.3) is 0 Å². The number of methoxy groups -OCH3 is 1. The summed E-state index contributed by atoms with van der Waals surface area (Å²) in [5.41, 5.74) is 1.58. The SMILES string of the molecule is COc1ccc(C(=O)NC2CCN(Cc3ccccc3)C2)cc1F. The molecular weight excluding hydrogens is 307 g/mol. The van der Waals surface area contributed by atoms with Gasteiger partial charge in [0.15, 0.2) is 11.6 Å². The molecule has 4 nitrogen and oxygen atoms in total. The zero-order chi connectivity index (χ0) is 16.9. The van der Waals surface area contributed by atoms with Crippen molar-refractivity contribution in [3.63, 3.8) is 0 Å². The summed E-state index contributed by atoms with van der Waals surface area (Å²) in [5, 5.41) is 2.99. The Balaban J connectivity index is 1.55. The standard InChI is InChI=1S/C19H21FN2O2/c1-24-18-8-7-15(11-17(18)20)19(23)21-16-9-10-22(13-16)12-14-5-3-2-4-6-14/h2-8,11,16H,9-10,12-13H2,1H3,(H,21,23). The van der Waals surface area contributed by atoms with Crippen LogP contribution in [0.5, 0.6) is 5.75 Å². The summed E-state index contributed by atoms with van der Waals surface area (Å²) >= 11 is 0. The first-order valence-electron chi connectivity index (χ1n) is 8.06. The second-order valence-electron chi connectivity index (χ2n) is 6.03. The lowest BCUT2D eigenvalue weighted by Gasteiger charge is -2.17. The molecule has 1 amide bonds. The van der Waals surface area contributed by atoms with E-state index in [9.17, 15) is 9.18 Å². The van der Waals surface area contributed by atoms with Crippen LogP contribution in [0.15, 0.2) is 48.5 Å². The van der Waals surface area contributed by atoms with Crippen LogP contribution < -0.4 is 10.1 Å². The van der Waals surface area contributed by atoms with E-state index in [1.165, 1.54) is 24.8 Å². The Bertz CT molecular complexity index is 706. The van der Waals surface area contributed by atoms with E-state index < -0.39 is 5.82 Å². The minimum atomic E-state index is -0.526. The van der Waals surface area contributed by atoms with Gasteiger partial charge in [0.25, 0.3) is 5.91 Å². The predicted molar refractivity (Wildman–Crippen MR) is 90.5 cm³/mol. The van der Waals surface area contributed by atoms with Gasteiger partial charge in [-0.15, -0.1) is 0 Å². The lowest BCUT2D eigenvalue weighted by molar-refractivity contribution is 0.0937. The van der Waals surface area contributed by atoms with Gasteiger partial charge >= 0.3 is 0 Å². The Morgan fingerprint density at radius 2 is 2.08 bits per heavy atom. The van der Waals surface area contributed by atoms with E-state index in [1.54, 1.807) is 6.07 Å². The van der Waals surface area contributed by atoms with E-state index >= 15 is 0 Å². The third-order valence-corrected chi connectivity index (χ3v) is 4.27. The first-order chi connectivity index (χ1) is 11.7. The molecule has 2 aromatic carbocycles. The molecule has 24 heavy (non-hydrogen) atoms. The highest BCUT2D eigenvalue weighted by atomic mass is 19.1. The zero-order valence-electron chi connectivity index (χ0n) is 13.7. The maximum absolute atomic E-state index is 13.7. The van der Waals surface area contributed by atoms with Crippen molar-refractivity contribution in [2.75, 3.05) is 20.2 Å². The largest absolute Gasteiger partial charge is 0.494 e. The highest BCUT2D eigenvalue weighted by molar-refractivity contribution is 5.94. The maximum atomic E-state index is 13.7. The highest BCUT2D eigenvalue weighted by Crippen LogP contribution is 2.18. The minimum absolute atomic E-state index is 0.0892. The number of benzene rings is 2. The van der Waals surface area contributed by atoms with E-state index in [2.05, 4.69) is 22.3 Å². The second-order valence-corrected chi connectivity index (χ2v) is 6.03. The first kappa shape index (κ1) is 16.5. The maximum Gasteiger partial charge on any atom is 0.251 e. The quantitative estimate of drug-likeness (QED) is 0.918. The fourth-order valence-corrected chi connectivity index (χ4v) is 3.01. The molecule has 0 radical (unpaired) electrons. The smallest absolute Gasteiger partial charge is 0.251 e. The molecular formula is C19H21FN2O2. The molecule has 1 fully saturated rings. The zero-order valence-corrected chi connectivity index (χ0v) is 13.7. The molecule has 0 aromatic heterocycles. The lowest BCUT2D eigenvalue weighted by atomic mass is 10.1. The van der Waals surface area contributed by atoms with E-state index in [-0.39, 0.29) is 17.7 Å². The molecule has 0 spiro atoms. The summed E-state index contributed by atoms with van der Waals surface area (Å²) in [6, 6.07) is 14.6. The molecule has 2 aromatic rings.